The van der Waals surface area contributed by atoms with Crippen LogP contribution < -0.4 is 5.73 Å². The van der Waals surface area contributed by atoms with Crippen molar-refractivity contribution in [3.63, 3.8) is 0 Å². The highest BCUT2D eigenvalue weighted by Gasteiger charge is 2.40. The van der Waals surface area contributed by atoms with E-state index in [1.54, 1.807) is 6.92 Å². The van der Waals surface area contributed by atoms with Gasteiger partial charge in [-0.2, -0.15) is 0 Å². The molecule has 1 amide bonds. The van der Waals surface area contributed by atoms with Crippen molar-refractivity contribution in [1.29, 1.82) is 0 Å². The molecule has 0 aromatic carbocycles. The van der Waals surface area contributed by atoms with Crippen molar-refractivity contribution < 1.29 is 14.6 Å². The van der Waals surface area contributed by atoms with E-state index in [1.165, 1.54) is 0 Å². The summed E-state index contributed by atoms with van der Waals surface area (Å²) in [6, 6.07) is 0.255. The fourth-order valence-corrected chi connectivity index (χ4v) is 3.05. The van der Waals surface area contributed by atoms with Gasteiger partial charge in [-0.25, -0.2) is 0 Å². The molecular weight excluding hydrogens is 329 g/mol. The molecule has 2 atom stereocenters. The van der Waals surface area contributed by atoms with Gasteiger partial charge in [-0.05, 0) is 26.7 Å². The van der Waals surface area contributed by atoms with Gasteiger partial charge in [-0.15, -0.1) is 24.8 Å². The number of halogens is 2. The largest absolute Gasteiger partial charge is 0.392 e. The van der Waals surface area contributed by atoms with Gasteiger partial charge in [0.25, 0.3) is 0 Å². The highest BCUT2D eigenvalue weighted by Crippen LogP contribution is 2.22. The Balaban J connectivity index is 0.00000220. The normalized spacial score (nSPS) is 26.5. The number of hydrogen-bond acceptors (Lipinski definition) is 5. The van der Waals surface area contributed by atoms with Crippen LogP contribution in [0.3, 0.4) is 0 Å². The first kappa shape index (κ1) is 21.9. The minimum atomic E-state index is -0.746. The summed E-state index contributed by atoms with van der Waals surface area (Å²) in [6.45, 7) is 7.85. The van der Waals surface area contributed by atoms with Gasteiger partial charge in [-0.1, -0.05) is 0 Å². The Morgan fingerprint density at radius 1 is 1.36 bits per heavy atom. The van der Waals surface area contributed by atoms with Gasteiger partial charge in [0, 0.05) is 45.4 Å². The van der Waals surface area contributed by atoms with E-state index in [-0.39, 0.29) is 42.9 Å². The number of amides is 1. The molecule has 2 rings (SSSR count). The molecule has 0 aromatic rings. The lowest BCUT2D eigenvalue weighted by atomic mass is 9.89. The molecule has 0 aliphatic carbocycles. The van der Waals surface area contributed by atoms with Crippen molar-refractivity contribution in [3.05, 3.63) is 0 Å². The standard InChI is InChI=1S/C14H27N3O3.2ClH/c1-11-9-17(6-5-16(11)10-12(2)18)13(19)14(15)3-7-20-8-4-14;;/h11-12,18H,3-10,15H2,1-2H3;2*1H. The molecule has 2 aliphatic rings. The number of ether oxygens (including phenoxy) is 1. The van der Waals surface area contributed by atoms with Gasteiger partial charge < -0.3 is 20.5 Å². The van der Waals surface area contributed by atoms with E-state index in [4.69, 9.17) is 10.5 Å². The van der Waals surface area contributed by atoms with Crippen LogP contribution in [-0.4, -0.2) is 77.9 Å². The fraction of sp³-hybridized carbons (Fsp3) is 0.929. The number of aliphatic hydroxyl groups excluding tert-OH is 1. The van der Waals surface area contributed by atoms with Crippen molar-refractivity contribution >= 4 is 30.7 Å². The average Bonchev–Trinajstić information content (AvgIpc) is 2.40. The summed E-state index contributed by atoms with van der Waals surface area (Å²) in [5.74, 6) is 0.0596. The van der Waals surface area contributed by atoms with Gasteiger partial charge >= 0.3 is 0 Å². The second kappa shape index (κ2) is 9.25. The molecule has 0 bridgehead atoms. The Morgan fingerprint density at radius 3 is 2.45 bits per heavy atom. The Hall–Kier alpha value is -0.110. The van der Waals surface area contributed by atoms with Crippen molar-refractivity contribution in [3.8, 4) is 0 Å². The number of piperazine rings is 1. The SMILES string of the molecule is CC(O)CN1CCN(C(=O)C2(N)CCOCC2)CC1C.Cl.Cl. The van der Waals surface area contributed by atoms with E-state index in [9.17, 15) is 9.90 Å². The van der Waals surface area contributed by atoms with Crippen LogP contribution in [0.4, 0.5) is 0 Å². The molecule has 2 saturated heterocycles. The maximum absolute atomic E-state index is 12.6. The zero-order chi connectivity index (χ0) is 14.8. The molecule has 132 valence electrons. The summed E-state index contributed by atoms with van der Waals surface area (Å²) in [6.07, 6.45) is 0.874. The Labute approximate surface area is 145 Å². The monoisotopic (exact) mass is 357 g/mol. The third-order valence-electron chi connectivity index (χ3n) is 4.36. The van der Waals surface area contributed by atoms with Crippen LogP contribution in [0.25, 0.3) is 0 Å². The van der Waals surface area contributed by atoms with Crippen LogP contribution in [0, 0.1) is 0 Å². The highest BCUT2D eigenvalue weighted by molar-refractivity contribution is 5.86. The predicted molar refractivity (Wildman–Crippen MR) is 90.8 cm³/mol. The molecular formula is C14H29Cl2N3O3. The lowest BCUT2D eigenvalue weighted by Crippen LogP contribution is -2.63. The number of β-amino-alcohol motifs (C(OH)–C–C–N with tert-alkyl or cyclic N) is 1. The van der Waals surface area contributed by atoms with Gasteiger partial charge in [0.15, 0.2) is 0 Å². The quantitative estimate of drug-likeness (QED) is 0.756. The summed E-state index contributed by atoms with van der Waals surface area (Å²) in [4.78, 5) is 16.7. The summed E-state index contributed by atoms with van der Waals surface area (Å²) in [5.41, 5.74) is 5.52. The summed E-state index contributed by atoms with van der Waals surface area (Å²) < 4.78 is 5.30. The molecule has 2 unspecified atom stereocenters. The van der Waals surface area contributed by atoms with Gasteiger partial charge in [0.2, 0.25) is 5.91 Å². The second-order valence-corrected chi connectivity index (χ2v) is 6.21. The first-order chi connectivity index (χ1) is 9.42. The number of carbonyl (C=O) groups excluding carboxylic acids is 1. The molecule has 3 N–H and O–H groups in total. The van der Waals surface area contributed by atoms with Crippen LogP contribution in [0.5, 0.6) is 0 Å². The minimum absolute atomic E-state index is 0. The van der Waals surface area contributed by atoms with Gasteiger partial charge in [-0.3, -0.25) is 9.69 Å². The molecule has 0 spiro atoms. The molecule has 2 aliphatic heterocycles. The van der Waals surface area contributed by atoms with Crippen LogP contribution in [0.2, 0.25) is 0 Å². The van der Waals surface area contributed by atoms with Crippen molar-refractivity contribution in [1.82, 2.24) is 9.80 Å². The third-order valence-corrected chi connectivity index (χ3v) is 4.36. The fourth-order valence-electron chi connectivity index (χ4n) is 3.05. The number of aliphatic hydroxyl groups is 1. The minimum Gasteiger partial charge on any atom is -0.392 e. The average molecular weight is 358 g/mol. The molecule has 2 heterocycles. The number of carbonyl (C=O) groups is 1. The van der Waals surface area contributed by atoms with E-state index in [0.29, 0.717) is 45.7 Å². The maximum atomic E-state index is 12.6. The van der Waals surface area contributed by atoms with E-state index in [0.717, 1.165) is 6.54 Å². The van der Waals surface area contributed by atoms with E-state index >= 15 is 0 Å². The Morgan fingerprint density at radius 2 is 1.95 bits per heavy atom. The Bertz CT molecular complexity index is 352. The second-order valence-electron chi connectivity index (χ2n) is 6.21. The smallest absolute Gasteiger partial charge is 0.242 e. The maximum Gasteiger partial charge on any atom is 0.242 e. The zero-order valence-corrected chi connectivity index (χ0v) is 15.0. The molecule has 0 saturated carbocycles. The van der Waals surface area contributed by atoms with Crippen molar-refractivity contribution in [2.75, 3.05) is 39.4 Å². The van der Waals surface area contributed by atoms with Gasteiger partial charge in [0.1, 0.15) is 0 Å². The summed E-state index contributed by atoms with van der Waals surface area (Å²) >= 11 is 0. The lowest BCUT2D eigenvalue weighted by Gasteiger charge is -2.44. The third kappa shape index (κ3) is 5.22. The molecule has 22 heavy (non-hydrogen) atoms. The first-order valence-electron chi connectivity index (χ1n) is 7.50. The van der Waals surface area contributed by atoms with E-state index in [1.807, 2.05) is 4.90 Å². The first-order valence-corrected chi connectivity index (χ1v) is 7.50. The van der Waals surface area contributed by atoms with Crippen molar-refractivity contribution in [2.24, 2.45) is 5.73 Å². The van der Waals surface area contributed by atoms with E-state index in [2.05, 4.69) is 11.8 Å². The van der Waals surface area contributed by atoms with Gasteiger partial charge in [0.05, 0.1) is 11.6 Å². The number of nitrogens with zero attached hydrogens (tertiary/aromatic N) is 2. The summed E-state index contributed by atoms with van der Waals surface area (Å²) in [7, 11) is 0. The van der Waals surface area contributed by atoms with Crippen molar-refractivity contribution in [2.45, 2.75) is 44.4 Å². The summed E-state index contributed by atoms with van der Waals surface area (Å²) in [5, 5.41) is 9.49. The topological polar surface area (TPSA) is 79.0 Å². The van der Waals surface area contributed by atoms with Crippen LogP contribution in [0.1, 0.15) is 26.7 Å². The Kier molecular flexibility index (Phi) is 9.20. The molecule has 8 heteroatoms. The molecule has 0 aromatic heterocycles. The lowest BCUT2D eigenvalue weighted by molar-refractivity contribution is -0.143. The van der Waals surface area contributed by atoms with Crippen LogP contribution >= 0.6 is 24.8 Å². The molecule has 6 nitrogen and oxygen atoms in total. The number of rotatable bonds is 3. The molecule has 0 radical (unpaired) electrons. The van der Waals surface area contributed by atoms with Crippen LogP contribution in [-0.2, 0) is 9.53 Å². The number of hydrogen-bond donors (Lipinski definition) is 2. The van der Waals surface area contributed by atoms with E-state index < -0.39 is 5.54 Å². The molecule has 2 fully saturated rings. The van der Waals surface area contributed by atoms with Crippen LogP contribution in [0.15, 0.2) is 0 Å². The number of nitrogens with two attached hydrogens (primary N) is 1. The highest BCUT2D eigenvalue weighted by atomic mass is 35.5. The zero-order valence-electron chi connectivity index (χ0n) is 13.4. The predicted octanol–water partition coefficient (Wildman–Crippen LogP) is 0.251.